The lowest BCUT2D eigenvalue weighted by Gasteiger charge is -2.29. The number of hydrogen-bond acceptors (Lipinski definition) is 4. The largest absolute Gasteiger partial charge is 0.496 e. The lowest BCUT2D eigenvalue weighted by molar-refractivity contribution is -0.146. The summed E-state index contributed by atoms with van der Waals surface area (Å²) in [5.41, 5.74) is 1.15. The van der Waals surface area contributed by atoms with E-state index in [1.807, 2.05) is 18.2 Å². The second kappa shape index (κ2) is 5.87. The van der Waals surface area contributed by atoms with E-state index >= 15 is 0 Å². The summed E-state index contributed by atoms with van der Waals surface area (Å²) in [5.74, 6) is 0.967. The highest BCUT2D eigenvalue weighted by Crippen LogP contribution is 2.32. The third-order valence-corrected chi connectivity index (χ3v) is 3.46. The first-order valence-electron chi connectivity index (χ1n) is 6.17. The Morgan fingerprint density at radius 3 is 2.78 bits per heavy atom. The van der Waals surface area contributed by atoms with E-state index in [1.165, 1.54) is 7.11 Å². The molecule has 0 amide bonds. The summed E-state index contributed by atoms with van der Waals surface area (Å²) in [5, 5.41) is 3.29. The van der Waals surface area contributed by atoms with Crippen LogP contribution in [0.4, 0.5) is 0 Å². The van der Waals surface area contributed by atoms with Gasteiger partial charge in [-0.1, -0.05) is 18.2 Å². The molecule has 4 nitrogen and oxygen atoms in total. The third kappa shape index (κ3) is 2.64. The lowest BCUT2D eigenvalue weighted by atomic mass is 9.85. The summed E-state index contributed by atoms with van der Waals surface area (Å²) in [4.78, 5) is 11.6. The monoisotopic (exact) mass is 249 g/mol. The van der Waals surface area contributed by atoms with Gasteiger partial charge in [0, 0.05) is 19.0 Å². The van der Waals surface area contributed by atoms with Gasteiger partial charge in [0.15, 0.2) is 0 Å². The van der Waals surface area contributed by atoms with Gasteiger partial charge in [0.05, 0.1) is 20.1 Å². The molecule has 1 saturated heterocycles. The fourth-order valence-corrected chi connectivity index (χ4v) is 2.53. The molecule has 98 valence electrons. The Labute approximate surface area is 107 Å². The molecule has 1 fully saturated rings. The highest BCUT2D eigenvalue weighted by Gasteiger charge is 2.29. The van der Waals surface area contributed by atoms with Gasteiger partial charge in [-0.3, -0.25) is 4.79 Å². The van der Waals surface area contributed by atoms with Crippen molar-refractivity contribution in [2.24, 2.45) is 5.92 Å². The van der Waals surface area contributed by atoms with Gasteiger partial charge >= 0.3 is 5.97 Å². The number of piperidine rings is 1. The van der Waals surface area contributed by atoms with E-state index in [1.54, 1.807) is 7.11 Å². The number of methoxy groups -OCH3 is 2. The first-order valence-corrected chi connectivity index (χ1v) is 6.17. The lowest BCUT2D eigenvalue weighted by Crippen LogP contribution is -2.39. The molecule has 2 rings (SSSR count). The molecule has 0 bridgehead atoms. The summed E-state index contributed by atoms with van der Waals surface area (Å²) < 4.78 is 10.2. The predicted molar refractivity (Wildman–Crippen MR) is 68.7 cm³/mol. The molecule has 1 aliphatic heterocycles. The van der Waals surface area contributed by atoms with Crippen molar-refractivity contribution < 1.29 is 14.3 Å². The predicted octanol–water partition coefficient (Wildman–Crippen LogP) is 1.56. The molecule has 1 N–H and O–H groups in total. The van der Waals surface area contributed by atoms with Gasteiger partial charge in [-0.05, 0) is 18.1 Å². The molecule has 2 atom stereocenters. The maximum atomic E-state index is 11.6. The number of carbonyl (C=O) groups is 1. The number of nitrogens with one attached hydrogen (secondary N) is 1. The molecule has 4 heteroatoms. The highest BCUT2D eigenvalue weighted by atomic mass is 16.5. The summed E-state index contributed by atoms with van der Waals surface area (Å²) >= 11 is 0. The standard InChI is InChI=1S/C14H19NO3/c1-17-13-6-4-3-5-12(13)10-7-11(9-15-8-10)14(16)18-2/h3-6,10-11,15H,7-9H2,1-2H3/t10-,11-/m1/s1. The van der Waals surface area contributed by atoms with Crippen molar-refractivity contribution in [3.05, 3.63) is 29.8 Å². The number of esters is 1. The second-order valence-electron chi connectivity index (χ2n) is 4.55. The Bertz CT molecular complexity index is 419. The van der Waals surface area contributed by atoms with E-state index in [0.29, 0.717) is 12.5 Å². The smallest absolute Gasteiger partial charge is 0.309 e. The number of para-hydroxylation sites is 1. The zero-order chi connectivity index (χ0) is 13.0. The van der Waals surface area contributed by atoms with Crippen LogP contribution in [0, 0.1) is 5.92 Å². The fraction of sp³-hybridized carbons (Fsp3) is 0.500. The third-order valence-electron chi connectivity index (χ3n) is 3.46. The average molecular weight is 249 g/mol. The topological polar surface area (TPSA) is 47.6 Å². The van der Waals surface area contributed by atoms with E-state index < -0.39 is 0 Å². The average Bonchev–Trinajstić information content (AvgIpc) is 2.46. The van der Waals surface area contributed by atoms with Crippen molar-refractivity contribution in [2.75, 3.05) is 27.3 Å². The van der Waals surface area contributed by atoms with Gasteiger partial charge in [0.25, 0.3) is 0 Å². The van der Waals surface area contributed by atoms with Gasteiger partial charge in [-0.25, -0.2) is 0 Å². The summed E-state index contributed by atoms with van der Waals surface area (Å²) in [7, 11) is 3.11. The number of carbonyl (C=O) groups excluding carboxylic acids is 1. The number of ether oxygens (including phenoxy) is 2. The van der Waals surface area contributed by atoms with Crippen LogP contribution in [-0.2, 0) is 9.53 Å². The van der Waals surface area contributed by atoms with E-state index in [2.05, 4.69) is 11.4 Å². The van der Waals surface area contributed by atoms with Crippen LogP contribution in [0.5, 0.6) is 5.75 Å². The Morgan fingerprint density at radius 1 is 1.28 bits per heavy atom. The minimum Gasteiger partial charge on any atom is -0.496 e. The first-order chi connectivity index (χ1) is 8.76. The molecule has 1 aromatic carbocycles. The maximum absolute atomic E-state index is 11.6. The molecule has 1 heterocycles. The van der Waals surface area contributed by atoms with Crippen molar-refractivity contribution in [3.63, 3.8) is 0 Å². The van der Waals surface area contributed by atoms with Crippen molar-refractivity contribution >= 4 is 5.97 Å². The number of benzene rings is 1. The Morgan fingerprint density at radius 2 is 2.06 bits per heavy atom. The molecule has 0 aliphatic carbocycles. The molecule has 0 spiro atoms. The quantitative estimate of drug-likeness (QED) is 0.826. The molecule has 0 saturated carbocycles. The Hall–Kier alpha value is -1.55. The van der Waals surface area contributed by atoms with Gasteiger partial charge in [0.1, 0.15) is 5.75 Å². The van der Waals surface area contributed by atoms with Crippen LogP contribution in [0.2, 0.25) is 0 Å². The first kappa shape index (κ1) is 12.9. The molecular weight excluding hydrogens is 230 g/mol. The summed E-state index contributed by atoms with van der Waals surface area (Å²) in [6, 6.07) is 7.97. The van der Waals surface area contributed by atoms with Crippen LogP contribution in [0.25, 0.3) is 0 Å². The SMILES string of the molecule is COC(=O)[C@H]1CNC[C@H](c2ccccc2OC)C1. The van der Waals surface area contributed by atoms with E-state index in [9.17, 15) is 4.79 Å². The Kier molecular flexibility index (Phi) is 4.20. The van der Waals surface area contributed by atoms with Gasteiger partial charge in [-0.15, -0.1) is 0 Å². The number of hydrogen-bond donors (Lipinski definition) is 1. The van der Waals surface area contributed by atoms with Gasteiger partial charge < -0.3 is 14.8 Å². The van der Waals surface area contributed by atoms with Crippen molar-refractivity contribution in [2.45, 2.75) is 12.3 Å². The summed E-state index contributed by atoms with van der Waals surface area (Å²) in [6.07, 6.45) is 0.806. The van der Waals surface area contributed by atoms with E-state index in [-0.39, 0.29) is 11.9 Å². The zero-order valence-electron chi connectivity index (χ0n) is 10.8. The normalized spacial score (nSPS) is 23.4. The van der Waals surface area contributed by atoms with Crippen molar-refractivity contribution in [1.82, 2.24) is 5.32 Å². The molecule has 0 radical (unpaired) electrons. The van der Waals surface area contributed by atoms with E-state index in [0.717, 1.165) is 24.3 Å². The second-order valence-corrected chi connectivity index (χ2v) is 4.55. The fourth-order valence-electron chi connectivity index (χ4n) is 2.53. The number of rotatable bonds is 3. The van der Waals surface area contributed by atoms with Crippen LogP contribution >= 0.6 is 0 Å². The highest BCUT2D eigenvalue weighted by molar-refractivity contribution is 5.72. The van der Waals surface area contributed by atoms with Crippen LogP contribution < -0.4 is 10.1 Å². The molecule has 1 aromatic rings. The van der Waals surface area contributed by atoms with Gasteiger partial charge in [-0.2, -0.15) is 0 Å². The van der Waals surface area contributed by atoms with Gasteiger partial charge in [0.2, 0.25) is 0 Å². The van der Waals surface area contributed by atoms with Crippen LogP contribution in [0.1, 0.15) is 17.9 Å². The molecular formula is C14H19NO3. The van der Waals surface area contributed by atoms with Crippen molar-refractivity contribution in [3.8, 4) is 5.75 Å². The van der Waals surface area contributed by atoms with E-state index in [4.69, 9.17) is 9.47 Å². The van der Waals surface area contributed by atoms with Crippen LogP contribution in [0.3, 0.4) is 0 Å². The minimum absolute atomic E-state index is 0.0707. The molecule has 18 heavy (non-hydrogen) atoms. The zero-order valence-corrected chi connectivity index (χ0v) is 10.8. The van der Waals surface area contributed by atoms with Crippen LogP contribution in [0.15, 0.2) is 24.3 Å². The maximum Gasteiger partial charge on any atom is 0.309 e. The minimum atomic E-state index is -0.137. The molecule has 0 unspecified atom stereocenters. The van der Waals surface area contributed by atoms with Crippen LogP contribution in [-0.4, -0.2) is 33.3 Å². The Balaban J connectivity index is 2.15. The molecule has 0 aromatic heterocycles. The van der Waals surface area contributed by atoms with Crippen molar-refractivity contribution in [1.29, 1.82) is 0 Å². The molecule has 1 aliphatic rings. The summed E-state index contributed by atoms with van der Waals surface area (Å²) in [6.45, 7) is 1.56.